The average Bonchev–Trinajstić information content (AvgIpc) is 3.03. The van der Waals surface area contributed by atoms with Gasteiger partial charge in [0.1, 0.15) is 6.10 Å². The standard InChI is InChI=1S/C25H36F6O2/c1-21-11-10-19-17(18(21)9-7-15(21)4-3-5-20(32)24(26,27)28)8-6-16-14-23(33,25(29,30)31)13-12-22(16,19)2/h6,15,17-20,32-33H,3-5,7-14H2,1-2H3/t15-,17+,18+,19+,20-,21-,22+,23+/m1/s1. The Bertz CT molecular complexity index is 776. The lowest BCUT2D eigenvalue weighted by Gasteiger charge is -2.59. The van der Waals surface area contributed by atoms with Crippen LogP contribution in [0.4, 0.5) is 26.3 Å². The summed E-state index contributed by atoms with van der Waals surface area (Å²) in [6, 6.07) is 0. The van der Waals surface area contributed by atoms with Crippen molar-refractivity contribution in [1.29, 1.82) is 0 Å². The highest BCUT2D eigenvalue weighted by Crippen LogP contribution is 2.67. The van der Waals surface area contributed by atoms with Gasteiger partial charge in [-0.05, 0) is 92.3 Å². The molecule has 0 aliphatic heterocycles. The summed E-state index contributed by atoms with van der Waals surface area (Å²) in [4.78, 5) is 0. The van der Waals surface area contributed by atoms with Crippen LogP contribution < -0.4 is 0 Å². The number of rotatable bonds is 4. The molecule has 0 aromatic carbocycles. The van der Waals surface area contributed by atoms with E-state index in [1.54, 1.807) is 0 Å². The van der Waals surface area contributed by atoms with Gasteiger partial charge in [0.25, 0.3) is 0 Å². The molecule has 4 aliphatic carbocycles. The molecule has 0 heterocycles. The highest BCUT2D eigenvalue weighted by Gasteiger charge is 2.63. The molecule has 4 rings (SSSR count). The number of fused-ring (bicyclic) bond motifs is 5. The van der Waals surface area contributed by atoms with Gasteiger partial charge in [-0.3, -0.25) is 0 Å². The van der Waals surface area contributed by atoms with Crippen molar-refractivity contribution in [2.45, 2.75) is 109 Å². The molecule has 3 saturated carbocycles. The lowest BCUT2D eigenvalue weighted by atomic mass is 9.46. The van der Waals surface area contributed by atoms with Gasteiger partial charge in [-0.2, -0.15) is 26.3 Å². The highest BCUT2D eigenvalue weighted by atomic mass is 19.4. The third-order valence-corrected chi connectivity index (χ3v) is 10.3. The van der Waals surface area contributed by atoms with Crippen LogP contribution >= 0.6 is 0 Å². The van der Waals surface area contributed by atoms with Gasteiger partial charge in [-0.15, -0.1) is 0 Å². The minimum absolute atomic E-state index is 0.0351. The molecule has 0 amide bonds. The zero-order valence-electron chi connectivity index (χ0n) is 19.4. The van der Waals surface area contributed by atoms with E-state index in [1.165, 1.54) is 0 Å². The van der Waals surface area contributed by atoms with Crippen LogP contribution in [0.1, 0.15) is 84.5 Å². The molecule has 0 radical (unpaired) electrons. The predicted octanol–water partition coefficient (Wildman–Crippen LogP) is 6.95. The van der Waals surface area contributed by atoms with E-state index in [4.69, 9.17) is 0 Å². The average molecular weight is 483 g/mol. The smallest absolute Gasteiger partial charge is 0.384 e. The summed E-state index contributed by atoms with van der Waals surface area (Å²) in [6.45, 7) is 4.34. The van der Waals surface area contributed by atoms with Crippen molar-refractivity contribution >= 4 is 0 Å². The van der Waals surface area contributed by atoms with E-state index >= 15 is 0 Å². The Balaban J connectivity index is 1.46. The number of hydrogen-bond acceptors (Lipinski definition) is 2. The molecule has 8 atom stereocenters. The fourth-order valence-electron chi connectivity index (χ4n) is 8.19. The number of hydrogen-bond donors (Lipinski definition) is 2. The lowest BCUT2D eigenvalue weighted by molar-refractivity contribution is -0.271. The molecule has 0 bridgehead atoms. The summed E-state index contributed by atoms with van der Waals surface area (Å²) in [6.07, 6.45) is -4.44. The fraction of sp³-hybridized carbons (Fsp3) is 0.920. The first-order chi connectivity index (χ1) is 15.1. The van der Waals surface area contributed by atoms with E-state index in [-0.39, 0.29) is 30.1 Å². The molecule has 2 nitrogen and oxygen atoms in total. The highest BCUT2D eigenvalue weighted by molar-refractivity contribution is 5.27. The molecular formula is C25H36F6O2. The molecule has 4 aliphatic rings. The Morgan fingerprint density at radius 1 is 1.00 bits per heavy atom. The van der Waals surface area contributed by atoms with Gasteiger partial charge < -0.3 is 10.2 Å². The van der Waals surface area contributed by atoms with E-state index < -0.39 is 24.1 Å². The quantitative estimate of drug-likeness (QED) is 0.336. The Kier molecular flexibility index (Phi) is 6.25. The van der Waals surface area contributed by atoms with Crippen LogP contribution in [0.3, 0.4) is 0 Å². The van der Waals surface area contributed by atoms with Crippen LogP contribution in [0.15, 0.2) is 11.6 Å². The Hall–Kier alpha value is -0.760. The first-order valence-electron chi connectivity index (χ1n) is 12.4. The third kappa shape index (κ3) is 4.15. The summed E-state index contributed by atoms with van der Waals surface area (Å²) >= 11 is 0. The zero-order valence-corrected chi connectivity index (χ0v) is 19.4. The van der Waals surface area contributed by atoms with Crippen molar-refractivity contribution in [2.24, 2.45) is 34.5 Å². The van der Waals surface area contributed by atoms with E-state index in [2.05, 4.69) is 13.8 Å². The maximum absolute atomic E-state index is 13.5. The second kappa shape index (κ2) is 8.14. The van der Waals surface area contributed by atoms with Crippen LogP contribution in [-0.2, 0) is 0 Å². The molecule has 2 N–H and O–H groups in total. The van der Waals surface area contributed by atoms with Gasteiger partial charge in [0.2, 0.25) is 0 Å². The predicted molar refractivity (Wildman–Crippen MR) is 112 cm³/mol. The monoisotopic (exact) mass is 482 g/mol. The minimum Gasteiger partial charge on any atom is -0.384 e. The lowest BCUT2D eigenvalue weighted by Crippen LogP contribution is -2.55. The third-order valence-electron chi connectivity index (χ3n) is 10.3. The second-order valence-corrected chi connectivity index (χ2v) is 11.8. The van der Waals surface area contributed by atoms with Crippen LogP contribution in [0, 0.1) is 34.5 Å². The second-order valence-electron chi connectivity index (χ2n) is 11.8. The van der Waals surface area contributed by atoms with Gasteiger partial charge in [0.05, 0.1) is 0 Å². The molecule has 33 heavy (non-hydrogen) atoms. The molecule has 190 valence electrons. The van der Waals surface area contributed by atoms with E-state index in [0.29, 0.717) is 42.9 Å². The summed E-state index contributed by atoms with van der Waals surface area (Å²) in [7, 11) is 0. The molecule has 0 spiro atoms. The Labute approximate surface area is 191 Å². The number of aliphatic hydroxyl groups excluding tert-OH is 1. The molecule has 0 aromatic heterocycles. The molecule has 0 saturated heterocycles. The Morgan fingerprint density at radius 2 is 1.70 bits per heavy atom. The molecule has 3 fully saturated rings. The SMILES string of the molecule is C[C@]12CC[C@H]3[C@@H](CC=C4C[C@](O)(C(F)(F)F)CC[C@@]43C)[C@@H]1CC[C@H]2CCC[C@@H](O)C(F)(F)F. The molecule has 0 aromatic rings. The number of allylic oxidation sites excluding steroid dienone is 1. The summed E-state index contributed by atoms with van der Waals surface area (Å²) in [5.74, 6) is 1.41. The molecule has 0 unspecified atom stereocenters. The van der Waals surface area contributed by atoms with Crippen molar-refractivity contribution in [3.05, 3.63) is 11.6 Å². The number of halogens is 6. The van der Waals surface area contributed by atoms with Gasteiger partial charge in [-0.25, -0.2) is 0 Å². The Morgan fingerprint density at radius 3 is 2.33 bits per heavy atom. The maximum Gasteiger partial charge on any atom is 0.417 e. The van der Waals surface area contributed by atoms with Gasteiger partial charge >= 0.3 is 12.4 Å². The largest absolute Gasteiger partial charge is 0.417 e. The van der Waals surface area contributed by atoms with Crippen molar-refractivity contribution in [3.8, 4) is 0 Å². The summed E-state index contributed by atoms with van der Waals surface area (Å²) in [5.41, 5.74) is -2.16. The number of alkyl halides is 6. The van der Waals surface area contributed by atoms with Crippen LogP contribution in [0.5, 0.6) is 0 Å². The van der Waals surface area contributed by atoms with Crippen molar-refractivity contribution in [1.82, 2.24) is 0 Å². The normalized spacial score (nSPS) is 44.5. The van der Waals surface area contributed by atoms with Gasteiger partial charge in [0.15, 0.2) is 5.60 Å². The van der Waals surface area contributed by atoms with E-state index in [9.17, 15) is 36.6 Å². The van der Waals surface area contributed by atoms with Crippen LogP contribution in [0.2, 0.25) is 0 Å². The first kappa shape index (κ1) is 25.3. The first-order valence-corrected chi connectivity index (χ1v) is 12.4. The topological polar surface area (TPSA) is 40.5 Å². The summed E-state index contributed by atoms with van der Waals surface area (Å²) < 4.78 is 78.3. The number of aliphatic hydroxyl groups is 2. The van der Waals surface area contributed by atoms with Crippen LogP contribution in [-0.4, -0.2) is 34.3 Å². The van der Waals surface area contributed by atoms with Crippen molar-refractivity contribution < 1.29 is 36.6 Å². The summed E-state index contributed by atoms with van der Waals surface area (Å²) in [5, 5.41) is 19.6. The van der Waals surface area contributed by atoms with Gasteiger partial charge in [-0.1, -0.05) is 31.9 Å². The van der Waals surface area contributed by atoms with E-state index in [1.807, 2.05) is 6.08 Å². The van der Waals surface area contributed by atoms with Crippen LogP contribution in [0.25, 0.3) is 0 Å². The molecule has 8 heteroatoms. The van der Waals surface area contributed by atoms with E-state index in [0.717, 1.165) is 37.7 Å². The fourth-order valence-corrected chi connectivity index (χ4v) is 8.19. The minimum atomic E-state index is -4.63. The van der Waals surface area contributed by atoms with Gasteiger partial charge in [0, 0.05) is 6.42 Å². The van der Waals surface area contributed by atoms with Crippen molar-refractivity contribution in [2.75, 3.05) is 0 Å². The van der Waals surface area contributed by atoms with Crippen molar-refractivity contribution in [3.63, 3.8) is 0 Å². The zero-order chi connectivity index (χ0) is 24.4. The molecular weight excluding hydrogens is 446 g/mol. The maximum atomic E-state index is 13.5.